The van der Waals surface area contributed by atoms with Crippen LogP contribution < -0.4 is 0 Å². The molecule has 5 aromatic heterocycles. The van der Waals surface area contributed by atoms with Gasteiger partial charge in [0.05, 0.1) is 33.8 Å². The summed E-state index contributed by atoms with van der Waals surface area (Å²) in [5.41, 5.74) is 5.42. The van der Waals surface area contributed by atoms with Gasteiger partial charge in [0.15, 0.2) is 0 Å². The van der Waals surface area contributed by atoms with Crippen LogP contribution in [0.3, 0.4) is 0 Å². The fraction of sp³-hybridized carbons (Fsp3) is 0. The van der Waals surface area contributed by atoms with E-state index in [2.05, 4.69) is 49.2 Å². The van der Waals surface area contributed by atoms with Gasteiger partial charge in [0.1, 0.15) is 0 Å². The van der Waals surface area contributed by atoms with E-state index in [0.29, 0.717) is 0 Å². The first-order valence-corrected chi connectivity index (χ1v) is 10.3. The molecule has 0 atom stereocenters. The third kappa shape index (κ3) is 5.13. The molecule has 33 heavy (non-hydrogen) atoms. The predicted molar refractivity (Wildman–Crippen MR) is 128 cm³/mol. The Labute approximate surface area is 204 Å². The number of nitrogens with zero attached hydrogens (tertiary/aromatic N) is 5. The van der Waals surface area contributed by atoms with Crippen molar-refractivity contribution in [1.29, 1.82) is 0 Å². The molecule has 6 rings (SSSR count). The molecule has 5 nitrogen and oxygen atoms in total. The number of hydrogen-bond acceptors (Lipinski definition) is 5. The summed E-state index contributed by atoms with van der Waals surface area (Å²) in [6.07, 6.45) is 7.14. The van der Waals surface area contributed by atoms with Crippen LogP contribution >= 0.6 is 0 Å². The van der Waals surface area contributed by atoms with Crippen LogP contribution in [0, 0.1) is 0 Å². The number of hydrogen-bond donors (Lipinski definition) is 0. The van der Waals surface area contributed by atoms with Gasteiger partial charge in [-0.2, -0.15) is 0 Å². The normalized spacial score (nSPS) is 10.2. The Kier molecular flexibility index (Phi) is 7.18. The molecule has 0 saturated heterocycles. The van der Waals surface area contributed by atoms with Crippen LogP contribution in [-0.4, -0.2) is 24.9 Å². The van der Waals surface area contributed by atoms with Crippen molar-refractivity contribution in [3.63, 3.8) is 0 Å². The summed E-state index contributed by atoms with van der Waals surface area (Å²) in [4.78, 5) is 21.9. The van der Waals surface area contributed by atoms with E-state index in [1.165, 1.54) is 0 Å². The summed E-state index contributed by atoms with van der Waals surface area (Å²) in [5.74, 6) is 0. The van der Waals surface area contributed by atoms with Crippen molar-refractivity contribution < 1.29 is 19.5 Å². The second-order valence-corrected chi connectivity index (χ2v) is 7.05. The molecule has 5 heterocycles. The van der Waals surface area contributed by atoms with E-state index >= 15 is 0 Å². The Hall–Kier alpha value is -3.89. The summed E-state index contributed by atoms with van der Waals surface area (Å²) in [6, 6.07) is 29.6. The van der Waals surface area contributed by atoms with Crippen molar-refractivity contribution in [1.82, 2.24) is 24.9 Å². The topological polar surface area (TPSA) is 64.5 Å². The molecule has 0 amide bonds. The van der Waals surface area contributed by atoms with E-state index in [1.54, 1.807) is 24.8 Å². The molecule has 158 valence electrons. The Balaban J connectivity index is 0.000000157. The third-order valence-corrected chi connectivity index (χ3v) is 4.95. The second kappa shape index (κ2) is 10.6. The molecule has 0 N–H and O–H groups in total. The first-order valence-electron chi connectivity index (χ1n) is 10.3. The quantitative estimate of drug-likeness (QED) is 0.210. The first-order chi connectivity index (χ1) is 15.9. The Morgan fingerprint density at radius 3 is 1.27 bits per heavy atom. The van der Waals surface area contributed by atoms with Crippen molar-refractivity contribution in [2.75, 3.05) is 0 Å². The molecule has 6 heteroatoms. The summed E-state index contributed by atoms with van der Waals surface area (Å²) in [6.45, 7) is 0. The maximum Gasteiger partial charge on any atom is 2.00 e. The van der Waals surface area contributed by atoms with E-state index in [9.17, 15) is 0 Å². The van der Waals surface area contributed by atoms with Crippen LogP contribution in [0.2, 0.25) is 0 Å². The van der Waals surface area contributed by atoms with E-state index in [-0.39, 0.29) is 19.5 Å². The van der Waals surface area contributed by atoms with Crippen LogP contribution in [-0.2, 0) is 19.5 Å². The van der Waals surface area contributed by atoms with Crippen molar-refractivity contribution in [2.24, 2.45) is 0 Å². The summed E-state index contributed by atoms with van der Waals surface area (Å²) in [7, 11) is 0. The Bertz CT molecular complexity index is 1360. The zero-order valence-corrected chi connectivity index (χ0v) is 19.3. The maximum atomic E-state index is 4.59. The van der Waals surface area contributed by atoms with Crippen LogP contribution in [0.15, 0.2) is 116 Å². The van der Waals surface area contributed by atoms with E-state index in [4.69, 9.17) is 0 Å². The van der Waals surface area contributed by atoms with Crippen LogP contribution in [0.25, 0.3) is 44.6 Å². The molecule has 0 radical (unpaired) electrons. The minimum Gasteiger partial charge on any atom is -0.255 e. The maximum absolute atomic E-state index is 4.59. The smallest absolute Gasteiger partial charge is 0.255 e. The summed E-state index contributed by atoms with van der Waals surface area (Å²) in [5, 5.41) is 2.28. The minimum absolute atomic E-state index is 0. The van der Waals surface area contributed by atoms with Crippen LogP contribution in [0.4, 0.5) is 0 Å². The second-order valence-electron chi connectivity index (χ2n) is 7.05. The number of pyridine rings is 5. The van der Waals surface area contributed by atoms with Gasteiger partial charge in [-0.15, -0.1) is 0 Å². The zero-order chi connectivity index (χ0) is 21.6. The van der Waals surface area contributed by atoms with Gasteiger partial charge < -0.3 is 0 Å². The van der Waals surface area contributed by atoms with Gasteiger partial charge in [-0.3, -0.25) is 19.9 Å². The standard InChI is InChI=1S/C15H11N3.C12H8N2.Ru/c1-3-10-16-12(6-1)14-8-5-9-15(18-14)13-7-2-4-11-17-13;1-3-9-5-6-10-4-2-8-14-12(10)11(9)13-7-1;/h1-11H;1-8H;/q;;+2. The van der Waals surface area contributed by atoms with Crippen molar-refractivity contribution in [3.05, 3.63) is 116 Å². The zero-order valence-electron chi connectivity index (χ0n) is 17.6. The number of rotatable bonds is 2. The van der Waals surface area contributed by atoms with Crippen LogP contribution in [0.1, 0.15) is 0 Å². The first kappa shape index (κ1) is 22.3. The average Bonchev–Trinajstić information content (AvgIpc) is 2.90. The molecule has 0 fully saturated rings. The summed E-state index contributed by atoms with van der Waals surface area (Å²) >= 11 is 0. The van der Waals surface area contributed by atoms with Crippen molar-refractivity contribution >= 4 is 21.8 Å². The summed E-state index contributed by atoms with van der Waals surface area (Å²) < 4.78 is 0. The number of benzene rings is 1. The largest absolute Gasteiger partial charge is 2.00 e. The van der Waals surface area contributed by atoms with Gasteiger partial charge in [-0.1, -0.05) is 42.5 Å². The van der Waals surface area contributed by atoms with E-state index < -0.39 is 0 Å². The Morgan fingerprint density at radius 1 is 0.364 bits per heavy atom. The molecule has 1 aromatic carbocycles. The Morgan fingerprint density at radius 2 is 0.818 bits per heavy atom. The average molecular weight is 515 g/mol. The molecule has 0 unspecified atom stereocenters. The molecule has 0 aliphatic carbocycles. The van der Waals surface area contributed by atoms with Gasteiger partial charge in [-0.25, -0.2) is 4.98 Å². The minimum atomic E-state index is 0. The molecule has 0 spiro atoms. The fourth-order valence-corrected chi connectivity index (χ4v) is 3.43. The van der Waals surface area contributed by atoms with Gasteiger partial charge in [0.25, 0.3) is 0 Å². The third-order valence-electron chi connectivity index (χ3n) is 4.95. The van der Waals surface area contributed by atoms with Gasteiger partial charge in [-0.05, 0) is 48.5 Å². The molecule has 0 bridgehead atoms. The molecule has 6 aromatic rings. The molecule has 0 saturated carbocycles. The van der Waals surface area contributed by atoms with Crippen molar-refractivity contribution in [2.45, 2.75) is 0 Å². The molecular formula is C27H19N5Ru+2. The monoisotopic (exact) mass is 515 g/mol. The number of aromatic nitrogens is 5. The van der Waals surface area contributed by atoms with Gasteiger partial charge in [0.2, 0.25) is 0 Å². The molecule has 0 aliphatic rings. The van der Waals surface area contributed by atoms with Gasteiger partial charge >= 0.3 is 19.5 Å². The number of fused-ring (bicyclic) bond motifs is 3. The van der Waals surface area contributed by atoms with E-state index in [0.717, 1.165) is 44.6 Å². The van der Waals surface area contributed by atoms with Crippen molar-refractivity contribution in [3.8, 4) is 22.8 Å². The fourth-order valence-electron chi connectivity index (χ4n) is 3.43. The van der Waals surface area contributed by atoms with Crippen LogP contribution in [0.5, 0.6) is 0 Å². The SMILES string of the molecule is [Ru+2].c1ccc(-c2cccc(-c3ccccn3)n2)nc1.c1cnc2c(c1)ccc1cccnc12. The predicted octanol–water partition coefficient (Wildman–Crippen LogP) is 5.99. The molecular weight excluding hydrogens is 495 g/mol. The molecule has 0 aliphatic heterocycles. The van der Waals surface area contributed by atoms with E-state index in [1.807, 2.05) is 66.7 Å². The van der Waals surface area contributed by atoms with Gasteiger partial charge in [0, 0.05) is 35.6 Å².